The molecule has 0 radical (unpaired) electrons. The van der Waals surface area contributed by atoms with Crippen molar-refractivity contribution in [1.82, 2.24) is 0 Å². The van der Waals surface area contributed by atoms with Crippen LogP contribution in [0.2, 0.25) is 0 Å². The normalized spacial score (nSPS) is 14.8. The second-order valence-electron chi connectivity index (χ2n) is 7.66. The largest absolute Gasteiger partial charge is 0.488 e. The molecule has 0 N–H and O–H groups in total. The van der Waals surface area contributed by atoms with E-state index >= 15 is 0 Å². The van der Waals surface area contributed by atoms with E-state index in [2.05, 4.69) is 53.1 Å². The number of hydrazone groups is 1. The van der Waals surface area contributed by atoms with Crippen LogP contribution in [0.4, 0.5) is 5.69 Å². The second-order valence-corrected chi connectivity index (χ2v) is 8.58. The third-order valence-corrected chi connectivity index (χ3v) is 5.50. The highest BCUT2D eigenvalue weighted by molar-refractivity contribution is 9.10. The third kappa shape index (κ3) is 4.78. The fourth-order valence-corrected chi connectivity index (χ4v) is 4.04. The minimum atomic E-state index is -0.149. The minimum Gasteiger partial charge on any atom is -0.488 e. The van der Waals surface area contributed by atoms with Crippen molar-refractivity contribution in [1.29, 1.82) is 0 Å². The summed E-state index contributed by atoms with van der Waals surface area (Å²) in [6.45, 7) is 6.47. The smallest absolute Gasteiger partial charge is 0.280 e. The van der Waals surface area contributed by atoms with Gasteiger partial charge in [-0.3, -0.25) is 4.79 Å². The maximum absolute atomic E-state index is 13.1. The van der Waals surface area contributed by atoms with Gasteiger partial charge in [-0.15, -0.1) is 0 Å². The molecule has 156 valence electrons. The Hall–Kier alpha value is -3.18. The maximum atomic E-state index is 13.1. The summed E-state index contributed by atoms with van der Waals surface area (Å²) in [4.78, 5) is 13.1. The molecule has 0 spiro atoms. The van der Waals surface area contributed by atoms with Crippen LogP contribution in [-0.4, -0.2) is 11.6 Å². The van der Waals surface area contributed by atoms with Crippen LogP contribution < -0.4 is 9.75 Å². The van der Waals surface area contributed by atoms with Crippen molar-refractivity contribution >= 4 is 39.3 Å². The van der Waals surface area contributed by atoms with Gasteiger partial charge in [0.2, 0.25) is 0 Å². The number of nitrogens with zero attached hydrogens (tertiary/aromatic N) is 2. The molecule has 31 heavy (non-hydrogen) atoms. The Kier molecular flexibility index (Phi) is 6.05. The molecule has 3 aromatic rings. The SMILES string of the molecule is CC1=NN(c2ccccc2)C(=O)/C1=C/c1cc(Br)ccc1OCc1cc(C)cc(C)c1. The van der Waals surface area contributed by atoms with Crippen molar-refractivity contribution in [2.45, 2.75) is 27.4 Å². The first-order valence-electron chi connectivity index (χ1n) is 10.1. The lowest BCUT2D eigenvalue weighted by atomic mass is 10.1. The molecule has 0 fully saturated rings. The summed E-state index contributed by atoms with van der Waals surface area (Å²) in [6.07, 6.45) is 1.85. The van der Waals surface area contributed by atoms with Crippen LogP contribution >= 0.6 is 15.9 Å². The molecule has 3 aromatic carbocycles. The lowest BCUT2D eigenvalue weighted by Gasteiger charge is -2.13. The molecule has 4 rings (SSSR count). The average molecular weight is 475 g/mol. The van der Waals surface area contributed by atoms with Crippen LogP contribution in [0.25, 0.3) is 6.08 Å². The predicted octanol–water partition coefficient (Wildman–Crippen LogP) is 6.45. The van der Waals surface area contributed by atoms with Crippen LogP contribution in [0, 0.1) is 13.8 Å². The highest BCUT2D eigenvalue weighted by Crippen LogP contribution is 2.30. The zero-order valence-electron chi connectivity index (χ0n) is 17.7. The first-order valence-corrected chi connectivity index (χ1v) is 10.9. The quantitative estimate of drug-likeness (QED) is 0.398. The Morgan fingerprint density at radius 1 is 0.968 bits per heavy atom. The topological polar surface area (TPSA) is 41.9 Å². The summed E-state index contributed by atoms with van der Waals surface area (Å²) in [5.74, 6) is 0.567. The summed E-state index contributed by atoms with van der Waals surface area (Å²) in [5, 5.41) is 5.90. The van der Waals surface area contributed by atoms with Crippen LogP contribution in [0.15, 0.2) is 81.9 Å². The highest BCUT2D eigenvalue weighted by Gasteiger charge is 2.28. The summed E-state index contributed by atoms with van der Waals surface area (Å²) in [6, 6.07) is 21.6. The van der Waals surface area contributed by atoms with E-state index in [9.17, 15) is 4.79 Å². The number of amides is 1. The third-order valence-electron chi connectivity index (χ3n) is 5.01. The fraction of sp³-hybridized carbons (Fsp3) is 0.154. The molecule has 1 heterocycles. The van der Waals surface area contributed by atoms with Gasteiger partial charge in [0.15, 0.2) is 0 Å². The Morgan fingerprint density at radius 2 is 1.68 bits per heavy atom. The molecule has 0 bridgehead atoms. The number of halogens is 1. The van der Waals surface area contributed by atoms with E-state index in [1.807, 2.05) is 61.5 Å². The summed E-state index contributed by atoms with van der Waals surface area (Å²) >= 11 is 3.53. The monoisotopic (exact) mass is 474 g/mol. The van der Waals surface area contributed by atoms with Gasteiger partial charge in [0, 0.05) is 10.0 Å². The number of hydrogen-bond donors (Lipinski definition) is 0. The number of anilines is 1. The minimum absolute atomic E-state index is 0.149. The molecule has 1 aliphatic rings. The van der Waals surface area contributed by atoms with Gasteiger partial charge in [-0.2, -0.15) is 10.1 Å². The predicted molar refractivity (Wildman–Crippen MR) is 129 cm³/mol. The Morgan fingerprint density at radius 3 is 2.39 bits per heavy atom. The lowest BCUT2D eigenvalue weighted by molar-refractivity contribution is -0.114. The van der Waals surface area contributed by atoms with Crippen molar-refractivity contribution < 1.29 is 9.53 Å². The number of carbonyl (C=O) groups excluding carboxylic acids is 1. The van der Waals surface area contributed by atoms with E-state index in [1.54, 1.807) is 0 Å². The Labute approximate surface area is 191 Å². The van der Waals surface area contributed by atoms with Crippen molar-refractivity contribution in [2.75, 3.05) is 5.01 Å². The Bertz CT molecular complexity index is 1180. The van der Waals surface area contributed by atoms with E-state index in [0.29, 0.717) is 23.6 Å². The number of benzene rings is 3. The van der Waals surface area contributed by atoms with Crippen molar-refractivity contribution in [3.63, 3.8) is 0 Å². The lowest BCUT2D eigenvalue weighted by Crippen LogP contribution is -2.21. The molecular weight excluding hydrogens is 452 g/mol. The van der Waals surface area contributed by atoms with Gasteiger partial charge in [-0.1, -0.05) is 63.5 Å². The first-order chi connectivity index (χ1) is 14.9. The van der Waals surface area contributed by atoms with E-state index < -0.39 is 0 Å². The fourth-order valence-electron chi connectivity index (χ4n) is 3.66. The van der Waals surface area contributed by atoms with Crippen LogP contribution in [0.1, 0.15) is 29.2 Å². The van der Waals surface area contributed by atoms with Gasteiger partial charge in [-0.05, 0) is 62.7 Å². The highest BCUT2D eigenvalue weighted by atomic mass is 79.9. The van der Waals surface area contributed by atoms with E-state index in [1.165, 1.54) is 16.1 Å². The number of ether oxygens (including phenoxy) is 1. The zero-order chi connectivity index (χ0) is 22.0. The van der Waals surface area contributed by atoms with E-state index in [0.717, 1.165) is 21.3 Å². The molecule has 0 aromatic heterocycles. The molecule has 1 aliphatic heterocycles. The number of carbonyl (C=O) groups is 1. The molecule has 0 saturated carbocycles. The molecule has 1 amide bonds. The molecule has 4 nitrogen and oxygen atoms in total. The zero-order valence-corrected chi connectivity index (χ0v) is 19.3. The number of para-hydroxylation sites is 1. The standard InChI is InChI=1S/C26H23BrN2O2/c1-17-11-18(2)13-20(12-17)16-31-25-10-9-22(27)14-21(25)15-24-19(3)28-29(26(24)30)23-7-5-4-6-8-23/h4-15H,16H2,1-3H3/b24-15+. The van der Waals surface area contributed by atoms with Gasteiger partial charge < -0.3 is 4.74 Å². The van der Waals surface area contributed by atoms with Crippen LogP contribution in [0.5, 0.6) is 5.75 Å². The molecule has 0 atom stereocenters. The van der Waals surface area contributed by atoms with Gasteiger partial charge in [0.05, 0.1) is 17.0 Å². The maximum Gasteiger partial charge on any atom is 0.280 e. The summed E-state index contributed by atoms with van der Waals surface area (Å²) < 4.78 is 7.07. The van der Waals surface area contributed by atoms with Gasteiger partial charge in [0.1, 0.15) is 12.4 Å². The number of hydrogen-bond acceptors (Lipinski definition) is 3. The second kappa shape index (κ2) is 8.90. The average Bonchev–Trinajstić information content (AvgIpc) is 3.01. The van der Waals surface area contributed by atoms with Gasteiger partial charge in [-0.25, -0.2) is 0 Å². The first kappa shape index (κ1) is 21.1. The van der Waals surface area contributed by atoms with E-state index in [-0.39, 0.29) is 5.91 Å². The molecule has 0 unspecified atom stereocenters. The summed E-state index contributed by atoms with van der Waals surface area (Å²) in [7, 11) is 0. The Balaban J connectivity index is 1.62. The molecule has 0 aliphatic carbocycles. The number of aryl methyl sites for hydroxylation is 2. The van der Waals surface area contributed by atoms with Crippen molar-refractivity contribution in [3.8, 4) is 5.75 Å². The van der Waals surface area contributed by atoms with Gasteiger partial charge in [0.25, 0.3) is 5.91 Å². The molecule has 5 heteroatoms. The van der Waals surface area contributed by atoms with Crippen molar-refractivity contribution in [3.05, 3.63) is 99.0 Å². The van der Waals surface area contributed by atoms with Crippen molar-refractivity contribution in [2.24, 2.45) is 5.10 Å². The number of rotatable bonds is 5. The van der Waals surface area contributed by atoms with Crippen LogP contribution in [0.3, 0.4) is 0 Å². The molecular formula is C26H23BrN2O2. The van der Waals surface area contributed by atoms with E-state index in [4.69, 9.17) is 4.74 Å². The summed E-state index contributed by atoms with van der Waals surface area (Å²) in [5.41, 5.74) is 6.33. The van der Waals surface area contributed by atoms with Crippen LogP contribution in [-0.2, 0) is 11.4 Å². The molecule has 0 saturated heterocycles. The van der Waals surface area contributed by atoms with Gasteiger partial charge >= 0.3 is 0 Å².